The van der Waals surface area contributed by atoms with Crippen LogP contribution in [0.15, 0.2) is 0 Å². The fourth-order valence-corrected chi connectivity index (χ4v) is 2.71. The van der Waals surface area contributed by atoms with Gasteiger partial charge in [0.05, 0.1) is 25.4 Å². The Balaban J connectivity index is 4.15. The van der Waals surface area contributed by atoms with Crippen LogP contribution in [0, 0.1) is 22.7 Å². The number of aliphatic hydroxyl groups excluding tert-OH is 2. The topological polar surface area (TPSA) is 129 Å². The summed E-state index contributed by atoms with van der Waals surface area (Å²) in [4.78, 5) is 27.5. The monoisotopic (exact) mass is 380 g/mol. The summed E-state index contributed by atoms with van der Waals surface area (Å²) in [6, 6.07) is 4.14. The predicted octanol–water partition coefficient (Wildman–Crippen LogP) is 1.19. The van der Waals surface area contributed by atoms with Crippen LogP contribution in [0.2, 0.25) is 0 Å². The Hall–Kier alpha value is -2.16. The van der Waals surface area contributed by atoms with Gasteiger partial charge in [-0.3, -0.25) is 9.59 Å². The van der Waals surface area contributed by atoms with Crippen LogP contribution in [-0.2, 0) is 9.59 Å². The molecular weight excluding hydrogens is 348 g/mol. The summed E-state index contributed by atoms with van der Waals surface area (Å²) < 4.78 is 0. The number of unbranched alkanes of at least 4 members (excludes halogenated alkanes) is 4. The lowest BCUT2D eigenvalue weighted by molar-refractivity contribution is -0.132. The molecule has 0 aliphatic carbocycles. The van der Waals surface area contributed by atoms with Gasteiger partial charge in [-0.15, -0.1) is 0 Å². The molecule has 0 unspecified atom stereocenters. The number of amides is 2. The van der Waals surface area contributed by atoms with E-state index in [2.05, 4.69) is 12.1 Å². The maximum atomic E-state index is 12.3. The molecule has 0 aromatic carbocycles. The normalized spacial score (nSPS) is 10.1. The maximum absolute atomic E-state index is 12.3. The average molecular weight is 380 g/mol. The largest absolute Gasteiger partial charge is 0.395 e. The molecule has 2 N–H and O–H groups in total. The maximum Gasteiger partial charge on any atom is 0.222 e. The van der Waals surface area contributed by atoms with Gasteiger partial charge in [0.1, 0.15) is 0 Å². The van der Waals surface area contributed by atoms with Crippen LogP contribution in [0.4, 0.5) is 0 Å². The Morgan fingerprint density at radius 2 is 1.07 bits per heavy atom. The van der Waals surface area contributed by atoms with Crippen molar-refractivity contribution in [2.75, 3.05) is 39.4 Å². The Morgan fingerprint density at radius 1 is 0.667 bits per heavy atom. The van der Waals surface area contributed by atoms with E-state index in [1.165, 1.54) is 4.90 Å². The van der Waals surface area contributed by atoms with Crippen molar-refractivity contribution in [3.05, 3.63) is 0 Å². The Kier molecular flexibility index (Phi) is 15.9. The number of hydrogen-bond donors (Lipinski definition) is 2. The first-order valence-corrected chi connectivity index (χ1v) is 9.61. The highest BCUT2D eigenvalue weighted by atomic mass is 16.3. The predicted molar refractivity (Wildman–Crippen MR) is 100 cm³/mol. The van der Waals surface area contributed by atoms with E-state index in [-0.39, 0.29) is 38.1 Å². The van der Waals surface area contributed by atoms with Gasteiger partial charge in [-0.05, 0) is 25.7 Å². The van der Waals surface area contributed by atoms with Crippen molar-refractivity contribution >= 4 is 11.8 Å². The molecule has 0 aromatic rings. The Bertz CT molecular complexity index is 473. The van der Waals surface area contributed by atoms with Crippen LogP contribution < -0.4 is 0 Å². The molecule has 0 radical (unpaired) electrons. The highest BCUT2D eigenvalue weighted by molar-refractivity contribution is 5.76. The first-order valence-electron chi connectivity index (χ1n) is 9.61. The lowest BCUT2D eigenvalue weighted by atomic mass is 10.1. The number of hydrogen-bond acceptors (Lipinski definition) is 6. The van der Waals surface area contributed by atoms with Gasteiger partial charge in [-0.2, -0.15) is 10.5 Å². The quantitative estimate of drug-likeness (QED) is 0.387. The molecule has 0 atom stereocenters. The molecule has 0 bridgehead atoms. The summed E-state index contributed by atoms with van der Waals surface area (Å²) >= 11 is 0. The lowest BCUT2D eigenvalue weighted by Gasteiger charge is -2.22. The number of aliphatic hydroxyl groups is 2. The molecule has 27 heavy (non-hydrogen) atoms. The van der Waals surface area contributed by atoms with Gasteiger partial charge >= 0.3 is 0 Å². The van der Waals surface area contributed by atoms with E-state index in [4.69, 9.17) is 20.7 Å². The molecule has 0 saturated heterocycles. The zero-order chi connectivity index (χ0) is 20.3. The third kappa shape index (κ3) is 12.8. The molecule has 8 heteroatoms. The zero-order valence-electron chi connectivity index (χ0n) is 16.1. The van der Waals surface area contributed by atoms with Gasteiger partial charge in [0.15, 0.2) is 0 Å². The third-order valence-electron chi connectivity index (χ3n) is 4.16. The number of rotatable bonds is 16. The molecule has 0 aliphatic heterocycles. The highest BCUT2D eigenvalue weighted by Crippen LogP contribution is 2.09. The van der Waals surface area contributed by atoms with E-state index in [0.29, 0.717) is 64.5 Å². The Morgan fingerprint density at radius 3 is 1.44 bits per heavy atom. The minimum atomic E-state index is -0.131. The van der Waals surface area contributed by atoms with E-state index in [9.17, 15) is 9.59 Å². The Labute approximate surface area is 162 Å². The third-order valence-corrected chi connectivity index (χ3v) is 4.16. The van der Waals surface area contributed by atoms with Crippen molar-refractivity contribution in [2.24, 2.45) is 0 Å². The van der Waals surface area contributed by atoms with Crippen LogP contribution in [0.3, 0.4) is 0 Å². The molecule has 0 aromatic heterocycles. The van der Waals surface area contributed by atoms with Gasteiger partial charge in [-0.25, -0.2) is 0 Å². The van der Waals surface area contributed by atoms with Gasteiger partial charge in [0.25, 0.3) is 0 Å². The zero-order valence-corrected chi connectivity index (χ0v) is 16.1. The first-order chi connectivity index (χ1) is 13.1. The summed E-state index contributed by atoms with van der Waals surface area (Å²) in [6.07, 6.45) is 4.89. The molecule has 0 fully saturated rings. The number of nitrogens with zero attached hydrogens (tertiary/aromatic N) is 4. The molecule has 0 aliphatic rings. The van der Waals surface area contributed by atoms with Gasteiger partial charge in [-0.1, -0.05) is 6.42 Å². The highest BCUT2D eigenvalue weighted by Gasteiger charge is 2.14. The summed E-state index contributed by atoms with van der Waals surface area (Å²) in [5, 5.41) is 35.1. The van der Waals surface area contributed by atoms with Crippen molar-refractivity contribution in [3.63, 3.8) is 0 Å². The fourth-order valence-electron chi connectivity index (χ4n) is 2.71. The van der Waals surface area contributed by atoms with Crippen molar-refractivity contribution < 1.29 is 19.8 Å². The first kappa shape index (κ1) is 24.8. The number of nitriles is 2. The van der Waals surface area contributed by atoms with E-state index < -0.39 is 0 Å². The smallest absolute Gasteiger partial charge is 0.222 e. The summed E-state index contributed by atoms with van der Waals surface area (Å²) in [6.45, 7) is 1.25. The molecule has 0 rings (SSSR count). The van der Waals surface area contributed by atoms with Crippen molar-refractivity contribution in [1.82, 2.24) is 9.80 Å². The summed E-state index contributed by atoms with van der Waals surface area (Å²) in [5.41, 5.74) is 0. The molecular formula is C19H32N4O4. The van der Waals surface area contributed by atoms with E-state index in [1.54, 1.807) is 4.90 Å². The second-order valence-electron chi connectivity index (χ2n) is 6.29. The van der Waals surface area contributed by atoms with Crippen LogP contribution >= 0.6 is 0 Å². The lowest BCUT2D eigenvalue weighted by Crippen LogP contribution is -2.35. The standard InChI is InChI=1S/C19H32N4O4/c20-10-4-6-12-22(13-7-5-11-21)18(26)8-2-1-3-9-19(27)23(14-16-24)15-17-25/h24-25H,1-9,12-17H2. The van der Waals surface area contributed by atoms with Crippen LogP contribution in [-0.4, -0.2) is 71.2 Å². The minimum absolute atomic E-state index is 0.0272. The minimum Gasteiger partial charge on any atom is -0.395 e. The van der Waals surface area contributed by atoms with Crippen LogP contribution in [0.5, 0.6) is 0 Å². The van der Waals surface area contributed by atoms with Gasteiger partial charge < -0.3 is 20.0 Å². The van der Waals surface area contributed by atoms with Crippen LogP contribution in [0.1, 0.15) is 57.8 Å². The molecule has 152 valence electrons. The molecule has 0 spiro atoms. The second kappa shape index (κ2) is 17.3. The fraction of sp³-hybridized carbons (Fsp3) is 0.789. The van der Waals surface area contributed by atoms with Gasteiger partial charge in [0.2, 0.25) is 11.8 Å². The van der Waals surface area contributed by atoms with Crippen molar-refractivity contribution in [2.45, 2.75) is 57.8 Å². The van der Waals surface area contributed by atoms with Gasteiger partial charge in [0, 0.05) is 51.9 Å². The number of carbonyl (C=O) groups is 2. The van der Waals surface area contributed by atoms with Crippen LogP contribution in [0.25, 0.3) is 0 Å². The van der Waals surface area contributed by atoms with E-state index in [1.807, 2.05) is 0 Å². The van der Waals surface area contributed by atoms with Crippen molar-refractivity contribution in [1.29, 1.82) is 10.5 Å². The molecule has 0 saturated carbocycles. The number of carbonyl (C=O) groups excluding carboxylic acids is 2. The SMILES string of the molecule is N#CCCCN(CCCC#N)C(=O)CCCCCC(=O)N(CCO)CCO. The average Bonchev–Trinajstić information content (AvgIpc) is 2.66. The molecule has 8 nitrogen and oxygen atoms in total. The van der Waals surface area contributed by atoms with Crippen molar-refractivity contribution in [3.8, 4) is 12.1 Å². The summed E-state index contributed by atoms with van der Waals surface area (Å²) in [5.74, 6) is -0.0709. The summed E-state index contributed by atoms with van der Waals surface area (Å²) in [7, 11) is 0. The molecule has 2 amide bonds. The van der Waals surface area contributed by atoms with E-state index in [0.717, 1.165) is 6.42 Å². The van der Waals surface area contributed by atoms with E-state index >= 15 is 0 Å². The second-order valence-corrected chi connectivity index (χ2v) is 6.29. The molecule has 0 heterocycles.